The van der Waals surface area contributed by atoms with E-state index in [-0.39, 0.29) is 17.9 Å². The minimum Gasteiger partial charge on any atom is -0.379 e. The molecule has 1 atom stereocenters. The molecule has 7 nitrogen and oxygen atoms in total. The number of amides is 2. The van der Waals surface area contributed by atoms with Gasteiger partial charge in [0.15, 0.2) is 0 Å². The molecular weight excluding hydrogens is 380 g/mol. The van der Waals surface area contributed by atoms with E-state index < -0.39 is 0 Å². The third kappa shape index (κ3) is 5.67. The maximum Gasteiger partial charge on any atom is 0.267 e. The van der Waals surface area contributed by atoms with Crippen molar-refractivity contribution in [2.24, 2.45) is 11.0 Å². The standard InChI is InChI=1S/C23H34N4O3/c1-16(2)13-19(26-9-11-30-12-10-26)15-24-23(29)20-7-8-22(28)27(25-20)21-14-17(3)5-6-18(21)4/h5-6,14,16,19H,7-13,15H2,1-4H3,(H,24,29). The minimum absolute atomic E-state index is 0.0775. The van der Waals surface area contributed by atoms with E-state index >= 15 is 0 Å². The van der Waals surface area contributed by atoms with E-state index in [0.717, 1.165) is 49.5 Å². The second-order valence-corrected chi connectivity index (χ2v) is 8.68. The summed E-state index contributed by atoms with van der Waals surface area (Å²) >= 11 is 0. The Morgan fingerprint density at radius 3 is 2.63 bits per heavy atom. The highest BCUT2D eigenvalue weighted by Gasteiger charge is 2.28. The van der Waals surface area contributed by atoms with E-state index in [1.807, 2.05) is 32.0 Å². The van der Waals surface area contributed by atoms with Gasteiger partial charge in [-0.3, -0.25) is 14.5 Å². The lowest BCUT2D eigenvalue weighted by molar-refractivity contribution is -0.119. The summed E-state index contributed by atoms with van der Waals surface area (Å²) in [5.74, 6) is 0.283. The molecule has 0 bridgehead atoms. The number of hydrazone groups is 1. The van der Waals surface area contributed by atoms with Gasteiger partial charge in [-0.05, 0) is 43.4 Å². The van der Waals surface area contributed by atoms with Gasteiger partial charge in [0.05, 0.1) is 18.9 Å². The van der Waals surface area contributed by atoms with Crippen LogP contribution in [0.25, 0.3) is 0 Å². The summed E-state index contributed by atoms with van der Waals surface area (Å²) in [6.07, 6.45) is 1.68. The summed E-state index contributed by atoms with van der Waals surface area (Å²) in [6.45, 7) is 12.2. The number of ether oxygens (including phenoxy) is 1. The molecule has 1 aromatic carbocycles. The van der Waals surface area contributed by atoms with Crippen molar-refractivity contribution in [3.8, 4) is 0 Å². The predicted octanol–water partition coefficient (Wildman–Crippen LogP) is 2.65. The number of anilines is 1. The van der Waals surface area contributed by atoms with Crippen molar-refractivity contribution in [1.82, 2.24) is 10.2 Å². The molecular formula is C23H34N4O3. The molecule has 0 saturated carbocycles. The first-order chi connectivity index (χ1) is 14.3. The topological polar surface area (TPSA) is 74.2 Å². The number of hydrogen-bond acceptors (Lipinski definition) is 5. The van der Waals surface area contributed by atoms with Crippen molar-refractivity contribution in [2.45, 2.75) is 53.0 Å². The lowest BCUT2D eigenvalue weighted by atomic mass is 10.0. The number of nitrogens with zero attached hydrogens (tertiary/aromatic N) is 3. The Bertz CT molecular complexity index is 800. The van der Waals surface area contributed by atoms with Gasteiger partial charge in [-0.2, -0.15) is 5.10 Å². The van der Waals surface area contributed by atoms with Crippen molar-refractivity contribution < 1.29 is 14.3 Å². The second kappa shape index (κ2) is 10.2. The summed E-state index contributed by atoms with van der Waals surface area (Å²) in [5.41, 5.74) is 3.18. The summed E-state index contributed by atoms with van der Waals surface area (Å²) in [4.78, 5) is 27.8. The quantitative estimate of drug-likeness (QED) is 0.744. The molecule has 0 aliphatic carbocycles. The van der Waals surface area contributed by atoms with Crippen molar-refractivity contribution >= 4 is 23.2 Å². The fourth-order valence-electron chi connectivity index (χ4n) is 4.01. The average Bonchev–Trinajstić information content (AvgIpc) is 2.73. The number of hydrogen-bond donors (Lipinski definition) is 1. The van der Waals surface area contributed by atoms with E-state index in [1.54, 1.807) is 0 Å². The number of morpholine rings is 1. The van der Waals surface area contributed by atoms with Crippen LogP contribution < -0.4 is 10.3 Å². The molecule has 1 unspecified atom stereocenters. The van der Waals surface area contributed by atoms with Crippen LogP contribution in [0.4, 0.5) is 5.69 Å². The van der Waals surface area contributed by atoms with Crippen LogP contribution in [-0.2, 0) is 14.3 Å². The van der Waals surface area contributed by atoms with Crippen molar-refractivity contribution in [3.63, 3.8) is 0 Å². The molecule has 1 N–H and O–H groups in total. The van der Waals surface area contributed by atoms with Gasteiger partial charge in [-0.15, -0.1) is 0 Å². The van der Waals surface area contributed by atoms with Crippen LogP contribution in [0.1, 0.15) is 44.2 Å². The monoisotopic (exact) mass is 414 g/mol. The van der Waals surface area contributed by atoms with Gasteiger partial charge in [-0.25, -0.2) is 5.01 Å². The highest BCUT2D eigenvalue weighted by atomic mass is 16.5. The maximum atomic E-state index is 12.9. The third-order valence-corrected chi connectivity index (χ3v) is 5.69. The first-order valence-electron chi connectivity index (χ1n) is 10.9. The first-order valence-corrected chi connectivity index (χ1v) is 10.9. The molecule has 0 spiro atoms. The van der Waals surface area contributed by atoms with E-state index in [4.69, 9.17) is 4.74 Å². The molecule has 1 fully saturated rings. The Morgan fingerprint density at radius 1 is 1.20 bits per heavy atom. The van der Waals surface area contributed by atoms with Crippen LogP contribution in [0.15, 0.2) is 23.3 Å². The van der Waals surface area contributed by atoms with E-state index in [2.05, 4.69) is 29.2 Å². The van der Waals surface area contributed by atoms with E-state index in [1.165, 1.54) is 5.01 Å². The molecule has 2 amide bonds. The number of nitrogens with one attached hydrogen (secondary N) is 1. The Morgan fingerprint density at radius 2 is 1.93 bits per heavy atom. The molecule has 2 heterocycles. The van der Waals surface area contributed by atoms with Crippen LogP contribution in [-0.4, -0.2) is 61.3 Å². The normalized spacial score (nSPS) is 19.0. The number of aryl methyl sites for hydroxylation is 2. The maximum absolute atomic E-state index is 12.9. The second-order valence-electron chi connectivity index (χ2n) is 8.68. The van der Waals surface area contributed by atoms with Gasteiger partial charge >= 0.3 is 0 Å². The Balaban J connectivity index is 1.70. The number of carbonyl (C=O) groups excluding carboxylic acids is 2. The smallest absolute Gasteiger partial charge is 0.267 e. The van der Waals surface area contributed by atoms with Gasteiger partial charge in [0.2, 0.25) is 5.91 Å². The molecule has 0 aromatic heterocycles. The predicted molar refractivity (Wildman–Crippen MR) is 119 cm³/mol. The molecule has 3 rings (SSSR count). The van der Waals surface area contributed by atoms with Crippen molar-refractivity contribution in [2.75, 3.05) is 37.9 Å². The van der Waals surface area contributed by atoms with Gasteiger partial charge in [0.1, 0.15) is 5.71 Å². The number of rotatable bonds is 7. The van der Waals surface area contributed by atoms with Crippen LogP contribution in [0.3, 0.4) is 0 Å². The summed E-state index contributed by atoms with van der Waals surface area (Å²) in [7, 11) is 0. The summed E-state index contributed by atoms with van der Waals surface area (Å²) in [5, 5.41) is 8.92. The van der Waals surface area contributed by atoms with Crippen molar-refractivity contribution in [3.05, 3.63) is 29.3 Å². The molecule has 2 aliphatic rings. The fraction of sp³-hybridized carbons (Fsp3) is 0.609. The van der Waals surface area contributed by atoms with Crippen LogP contribution in [0, 0.1) is 19.8 Å². The van der Waals surface area contributed by atoms with E-state index in [0.29, 0.717) is 31.0 Å². The van der Waals surface area contributed by atoms with Gasteiger partial charge < -0.3 is 10.1 Å². The average molecular weight is 415 g/mol. The zero-order chi connectivity index (χ0) is 21.7. The third-order valence-electron chi connectivity index (χ3n) is 5.69. The minimum atomic E-state index is -0.181. The fourth-order valence-corrected chi connectivity index (χ4v) is 4.01. The molecule has 30 heavy (non-hydrogen) atoms. The largest absolute Gasteiger partial charge is 0.379 e. The van der Waals surface area contributed by atoms with Crippen LogP contribution in [0.2, 0.25) is 0 Å². The Labute approximate surface area is 179 Å². The van der Waals surface area contributed by atoms with Gasteiger partial charge in [0, 0.05) is 38.5 Å². The molecule has 1 saturated heterocycles. The van der Waals surface area contributed by atoms with Crippen LogP contribution in [0.5, 0.6) is 0 Å². The zero-order valence-corrected chi connectivity index (χ0v) is 18.6. The van der Waals surface area contributed by atoms with Crippen molar-refractivity contribution in [1.29, 1.82) is 0 Å². The summed E-state index contributed by atoms with van der Waals surface area (Å²) < 4.78 is 5.47. The van der Waals surface area contributed by atoms with E-state index in [9.17, 15) is 9.59 Å². The van der Waals surface area contributed by atoms with Gasteiger partial charge in [0.25, 0.3) is 5.91 Å². The Kier molecular flexibility index (Phi) is 7.61. The Hall–Kier alpha value is -2.25. The SMILES string of the molecule is Cc1ccc(C)c(N2N=C(C(=O)NCC(CC(C)C)N3CCOCC3)CCC2=O)c1. The highest BCUT2D eigenvalue weighted by Crippen LogP contribution is 2.25. The number of benzene rings is 1. The lowest BCUT2D eigenvalue weighted by Gasteiger charge is -2.35. The molecule has 1 aromatic rings. The first kappa shape index (κ1) is 22.4. The molecule has 7 heteroatoms. The van der Waals surface area contributed by atoms with Crippen LogP contribution >= 0.6 is 0 Å². The molecule has 2 aliphatic heterocycles. The number of carbonyl (C=O) groups is 2. The zero-order valence-electron chi connectivity index (χ0n) is 18.6. The summed E-state index contributed by atoms with van der Waals surface area (Å²) in [6, 6.07) is 6.19. The lowest BCUT2D eigenvalue weighted by Crippen LogP contribution is -2.50. The van der Waals surface area contributed by atoms with Gasteiger partial charge in [-0.1, -0.05) is 26.0 Å². The molecule has 0 radical (unpaired) electrons. The highest BCUT2D eigenvalue weighted by molar-refractivity contribution is 6.40. The molecule has 164 valence electrons.